The molecule has 1 aliphatic carbocycles. The van der Waals surface area contributed by atoms with E-state index in [-0.39, 0.29) is 24.6 Å². The first kappa shape index (κ1) is 14.1. The molecule has 1 aromatic carbocycles. The third-order valence-corrected chi connectivity index (χ3v) is 2.97. The predicted molar refractivity (Wildman–Crippen MR) is 61.6 cm³/mol. The largest absolute Gasteiger partial charge is 0.573 e. The maximum Gasteiger partial charge on any atom is 0.573 e. The van der Waals surface area contributed by atoms with Crippen LogP contribution in [0.3, 0.4) is 0 Å². The lowest BCUT2D eigenvalue weighted by molar-refractivity contribution is -0.274. The van der Waals surface area contributed by atoms with Crippen LogP contribution in [-0.2, 0) is 11.3 Å². The lowest BCUT2D eigenvalue weighted by atomic mass is 10.2. The van der Waals surface area contributed by atoms with Crippen molar-refractivity contribution >= 4 is 0 Å². The van der Waals surface area contributed by atoms with Crippen LogP contribution in [0.1, 0.15) is 24.8 Å². The van der Waals surface area contributed by atoms with Gasteiger partial charge in [0.1, 0.15) is 5.75 Å². The molecule has 0 bridgehead atoms. The number of rotatable bonds is 4. The van der Waals surface area contributed by atoms with E-state index in [4.69, 9.17) is 4.74 Å². The summed E-state index contributed by atoms with van der Waals surface area (Å²) in [6.45, 7) is 0.215. The topological polar surface area (TPSA) is 38.7 Å². The van der Waals surface area contributed by atoms with Crippen LogP contribution in [0.15, 0.2) is 24.3 Å². The fraction of sp³-hybridized carbons (Fsp3) is 0.538. The van der Waals surface area contributed by atoms with E-state index in [1.54, 1.807) is 6.07 Å². The lowest BCUT2D eigenvalue weighted by Crippen LogP contribution is -2.17. The van der Waals surface area contributed by atoms with E-state index in [0.717, 1.165) is 6.42 Å². The zero-order valence-corrected chi connectivity index (χ0v) is 10.2. The predicted octanol–water partition coefficient (Wildman–Crippen LogP) is 3.02. The Hall–Kier alpha value is -1.27. The number of halogens is 3. The smallest absolute Gasteiger partial charge is 0.406 e. The molecule has 1 saturated carbocycles. The number of alkyl halides is 3. The molecule has 0 aromatic heterocycles. The molecule has 2 unspecified atom stereocenters. The highest BCUT2D eigenvalue weighted by molar-refractivity contribution is 5.28. The van der Waals surface area contributed by atoms with Gasteiger partial charge in [-0.05, 0) is 37.0 Å². The van der Waals surface area contributed by atoms with Gasteiger partial charge in [-0.15, -0.1) is 13.2 Å². The number of aliphatic hydroxyl groups is 1. The van der Waals surface area contributed by atoms with Crippen LogP contribution in [0.4, 0.5) is 13.2 Å². The van der Waals surface area contributed by atoms with Crippen molar-refractivity contribution in [2.45, 2.75) is 44.4 Å². The Bertz CT molecular complexity index is 420. The van der Waals surface area contributed by atoms with Crippen molar-refractivity contribution in [3.8, 4) is 5.75 Å². The Balaban J connectivity index is 1.88. The second-order valence-corrected chi connectivity index (χ2v) is 4.60. The van der Waals surface area contributed by atoms with Crippen molar-refractivity contribution < 1.29 is 27.8 Å². The van der Waals surface area contributed by atoms with Gasteiger partial charge in [0.25, 0.3) is 0 Å². The van der Waals surface area contributed by atoms with Gasteiger partial charge >= 0.3 is 6.36 Å². The van der Waals surface area contributed by atoms with Gasteiger partial charge in [-0.25, -0.2) is 0 Å². The van der Waals surface area contributed by atoms with Crippen LogP contribution in [0.2, 0.25) is 0 Å². The van der Waals surface area contributed by atoms with E-state index in [1.807, 2.05) is 0 Å². The molecule has 1 aromatic rings. The van der Waals surface area contributed by atoms with E-state index >= 15 is 0 Å². The van der Waals surface area contributed by atoms with Crippen molar-refractivity contribution in [1.82, 2.24) is 0 Å². The van der Waals surface area contributed by atoms with Crippen LogP contribution in [0.5, 0.6) is 5.75 Å². The zero-order chi connectivity index (χ0) is 13.9. The Morgan fingerprint density at radius 2 is 2.05 bits per heavy atom. The highest BCUT2D eigenvalue weighted by Crippen LogP contribution is 2.25. The summed E-state index contributed by atoms with van der Waals surface area (Å²) in [6.07, 6.45) is -2.97. The van der Waals surface area contributed by atoms with Crippen LogP contribution in [-0.4, -0.2) is 23.7 Å². The fourth-order valence-corrected chi connectivity index (χ4v) is 2.12. The van der Waals surface area contributed by atoms with Gasteiger partial charge in [0.15, 0.2) is 0 Å². The summed E-state index contributed by atoms with van der Waals surface area (Å²) < 4.78 is 45.6. The Kier molecular flexibility index (Phi) is 4.31. The van der Waals surface area contributed by atoms with Gasteiger partial charge in [0.05, 0.1) is 18.8 Å². The van der Waals surface area contributed by atoms with E-state index in [0.29, 0.717) is 18.4 Å². The van der Waals surface area contributed by atoms with Gasteiger partial charge in [-0.1, -0.05) is 12.1 Å². The summed E-state index contributed by atoms with van der Waals surface area (Å²) in [5.41, 5.74) is 0.614. The Labute approximate surface area is 108 Å². The summed E-state index contributed by atoms with van der Waals surface area (Å²) in [4.78, 5) is 0. The summed E-state index contributed by atoms with van der Waals surface area (Å²) in [5, 5.41) is 9.34. The van der Waals surface area contributed by atoms with Crippen LogP contribution in [0, 0.1) is 0 Å². The monoisotopic (exact) mass is 276 g/mol. The summed E-state index contributed by atoms with van der Waals surface area (Å²) in [7, 11) is 0. The van der Waals surface area contributed by atoms with Crippen LogP contribution < -0.4 is 4.74 Å². The minimum atomic E-state index is -4.69. The molecule has 0 spiro atoms. The van der Waals surface area contributed by atoms with E-state index in [1.165, 1.54) is 18.2 Å². The maximum absolute atomic E-state index is 12.1. The molecular weight excluding hydrogens is 261 g/mol. The second-order valence-electron chi connectivity index (χ2n) is 4.60. The molecule has 1 aliphatic rings. The molecule has 1 fully saturated rings. The molecular formula is C13H15F3O3. The first-order valence-electron chi connectivity index (χ1n) is 6.07. The molecule has 0 radical (unpaired) electrons. The van der Waals surface area contributed by atoms with Crippen LogP contribution in [0.25, 0.3) is 0 Å². The van der Waals surface area contributed by atoms with E-state index in [2.05, 4.69) is 4.74 Å². The summed E-state index contributed by atoms with van der Waals surface area (Å²) in [6, 6.07) is 5.72. The highest BCUT2D eigenvalue weighted by atomic mass is 19.4. The summed E-state index contributed by atoms with van der Waals surface area (Å²) in [5.74, 6) is -0.250. The molecule has 19 heavy (non-hydrogen) atoms. The van der Waals surface area contributed by atoms with E-state index < -0.39 is 6.36 Å². The van der Waals surface area contributed by atoms with Gasteiger partial charge in [0.2, 0.25) is 0 Å². The molecule has 2 rings (SSSR count). The van der Waals surface area contributed by atoms with Gasteiger partial charge < -0.3 is 14.6 Å². The molecule has 1 N–H and O–H groups in total. The summed E-state index contributed by atoms with van der Waals surface area (Å²) >= 11 is 0. The van der Waals surface area contributed by atoms with Crippen molar-refractivity contribution in [3.05, 3.63) is 29.8 Å². The molecule has 0 amide bonds. The zero-order valence-electron chi connectivity index (χ0n) is 10.2. The molecule has 0 saturated heterocycles. The quantitative estimate of drug-likeness (QED) is 0.918. The second kappa shape index (κ2) is 5.79. The van der Waals surface area contributed by atoms with Crippen molar-refractivity contribution in [1.29, 1.82) is 0 Å². The van der Waals surface area contributed by atoms with E-state index in [9.17, 15) is 18.3 Å². The fourth-order valence-electron chi connectivity index (χ4n) is 2.12. The normalized spacial score (nSPS) is 23.6. The third-order valence-electron chi connectivity index (χ3n) is 2.97. The minimum Gasteiger partial charge on any atom is -0.406 e. The molecule has 2 atom stereocenters. The average Bonchev–Trinajstić information content (AvgIpc) is 2.71. The standard InChI is InChI=1S/C13H15F3O3/c14-13(15,16)19-12-3-1-2-9(6-12)8-18-11-5-4-10(17)7-11/h1-3,6,10-11,17H,4-5,7-8H2. The van der Waals surface area contributed by atoms with Crippen LogP contribution >= 0.6 is 0 Å². The number of aliphatic hydroxyl groups excluding tert-OH is 1. The van der Waals surface area contributed by atoms with Gasteiger partial charge in [-0.2, -0.15) is 0 Å². The number of hydrogen-bond acceptors (Lipinski definition) is 3. The number of benzene rings is 1. The SMILES string of the molecule is OC1CCC(OCc2cccc(OC(F)(F)F)c2)C1. The first-order valence-corrected chi connectivity index (χ1v) is 6.07. The number of hydrogen-bond donors (Lipinski definition) is 1. The first-order chi connectivity index (χ1) is 8.92. The number of ether oxygens (including phenoxy) is 2. The molecule has 106 valence electrons. The Morgan fingerprint density at radius 3 is 2.68 bits per heavy atom. The third kappa shape index (κ3) is 4.72. The van der Waals surface area contributed by atoms with Crippen molar-refractivity contribution in [2.75, 3.05) is 0 Å². The van der Waals surface area contributed by atoms with Gasteiger partial charge in [-0.3, -0.25) is 0 Å². The highest BCUT2D eigenvalue weighted by Gasteiger charge is 2.31. The Morgan fingerprint density at radius 1 is 1.26 bits per heavy atom. The molecule has 3 nitrogen and oxygen atoms in total. The lowest BCUT2D eigenvalue weighted by Gasteiger charge is -2.13. The van der Waals surface area contributed by atoms with Crippen molar-refractivity contribution in [2.24, 2.45) is 0 Å². The average molecular weight is 276 g/mol. The van der Waals surface area contributed by atoms with Crippen molar-refractivity contribution in [3.63, 3.8) is 0 Å². The van der Waals surface area contributed by atoms with Gasteiger partial charge in [0, 0.05) is 0 Å². The minimum absolute atomic E-state index is 0.0257. The molecule has 0 aliphatic heterocycles. The maximum atomic E-state index is 12.1. The molecule has 0 heterocycles. The molecule has 6 heteroatoms.